The second kappa shape index (κ2) is 9.07. The first kappa shape index (κ1) is 22.1. The van der Waals surface area contributed by atoms with E-state index in [1.165, 1.54) is 12.1 Å². The van der Waals surface area contributed by atoms with Crippen molar-refractivity contribution in [2.24, 2.45) is 0 Å². The Morgan fingerprint density at radius 1 is 1.17 bits per heavy atom. The molecule has 9 heteroatoms. The molecule has 1 aliphatic heterocycles. The van der Waals surface area contributed by atoms with Crippen molar-refractivity contribution >= 4 is 17.2 Å². The van der Waals surface area contributed by atoms with Crippen molar-refractivity contribution < 1.29 is 13.2 Å². The molecule has 0 saturated carbocycles. The van der Waals surface area contributed by atoms with Crippen molar-refractivity contribution in [3.63, 3.8) is 0 Å². The van der Waals surface area contributed by atoms with Crippen LogP contribution >= 0.6 is 0 Å². The van der Waals surface area contributed by atoms with Gasteiger partial charge in [-0.2, -0.15) is 13.2 Å². The molecule has 0 aliphatic carbocycles. The Balaban J connectivity index is 2.12. The number of hydrogen-bond donors (Lipinski definition) is 3. The number of aromatic nitrogens is 2. The topological polar surface area (TPSA) is 93.1 Å². The number of piperidine rings is 1. The largest absolute Gasteiger partial charge is 0.419 e. The van der Waals surface area contributed by atoms with E-state index in [0.717, 1.165) is 38.9 Å². The van der Waals surface area contributed by atoms with Gasteiger partial charge in [0.2, 0.25) is 0 Å². The van der Waals surface area contributed by atoms with Gasteiger partial charge in [0, 0.05) is 42.3 Å². The van der Waals surface area contributed by atoms with Gasteiger partial charge in [-0.25, -0.2) is 9.97 Å². The summed E-state index contributed by atoms with van der Waals surface area (Å²) < 4.78 is 41.4. The van der Waals surface area contributed by atoms with E-state index >= 15 is 0 Å². The number of anilines is 3. The monoisotopic (exact) mass is 422 g/mol. The molecule has 0 radical (unpaired) electrons. The van der Waals surface area contributed by atoms with Gasteiger partial charge in [0.05, 0.1) is 11.1 Å². The average molecular weight is 422 g/mol. The van der Waals surface area contributed by atoms with Gasteiger partial charge in [0.25, 0.3) is 0 Å². The number of rotatable bonds is 6. The Hall–Kier alpha value is -2.55. The van der Waals surface area contributed by atoms with Gasteiger partial charge in [0.15, 0.2) is 5.82 Å². The molecule has 5 N–H and O–H groups in total. The van der Waals surface area contributed by atoms with Crippen molar-refractivity contribution in [3.8, 4) is 11.4 Å². The summed E-state index contributed by atoms with van der Waals surface area (Å²) in [6.07, 6.45) is -1.18. The fourth-order valence-electron chi connectivity index (χ4n) is 3.96. The number of hydrogen-bond acceptors (Lipinski definition) is 6. The predicted octanol–water partition coefficient (Wildman–Crippen LogP) is 3.86. The summed E-state index contributed by atoms with van der Waals surface area (Å²) in [5, 5.41) is 3.45. The zero-order chi connectivity index (χ0) is 21.9. The second-order valence-corrected chi connectivity index (χ2v) is 7.63. The highest BCUT2D eigenvalue weighted by atomic mass is 19.4. The molecule has 1 saturated heterocycles. The smallest absolute Gasteiger partial charge is 0.398 e. The molecule has 1 atom stereocenters. The second-order valence-electron chi connectivity index (χ2n) is 7.63. The average Bonchev–Trinajstić information content (AvgIpc) is 2.69. The summed E-state index contributed by atoms with van der Waals surface area (Å²) in [6.45, 7) is 6.46. The van der Waals surface area contributed by atoms with E-state index in [0.29, 0.717) is 24.0 Å². The van der Waals surface area contributed by atoms with Crippen LogP contribution in [0.2, 0.25) is 0 Å². The number of alkyl halides is 3. The third kappa shape index (κ3) is 4.77. The number of nitrogen functional groups attached to an aromatic ring is 2. The number of aryl methyl sites for hydroxylation is 1. The third-order valence-electron chi connectivity index (χ3n) is 5.29. The molecule has 2 aromatic rings. The molecule has 3 rings (SSSR count). The van der Waals surface area contributed by atoms with Crippen LogP contribution in [-0.4, -0.2) is 35.6 Å². The molecule has 1 fully saturated rings. The molecular formula is C21H29F3N6. The Kier molecular flexibility index (Phi) is 6.70. The molecule has 0 spiro atoms. The van der Waals surface area contributed by atoms with E-state index in [-0.39, 0.29) is 22.8 Å². The molecule has 2 heterocycles. The van der Waals surface area contributed by atoms with Crippen LogP contribution in [0.25, 0.3) is 11.4 Å². The summed E-state index contributed by atoms with van der Waals surface area (Å²) in [7, 11) is 0. The van der Waals surface area contributed by atoms with E-state index in [1.807, 2.05) is 13.0 Å². The number of likely N-dealkylation sites (N-methyl/N-ethyl adjacent to an activating group) is 1. The van der Waals surface area contributed by atoms with E-state index in [4.69, 9.17) is 11.5 Å². The maximum atomic E-state index is 13.8. The van der Waals surface area contributed by atoms with Crippen LogP contribution in [0, 0.1) is 0 Å². The maximum absolute atomic E-state index is 13.8. The summed E-state index contributed by atoms with van der Waals surface area (Å²) in [5.74, 6) is 0.597. The minimum atomic E-state index is -4.67. The number of halogens is 3. The summed E-state index contributed by atoms with van der Waals surface area (Å²) in [6, 6.07) is 4.73. The normalized spacial score (nSPS) is 17.4. The van der Waals surface area contributed by atoms with Gasteiger partial charge in [-0.15, -0.1) is 0 Å². The van der Waals surface area contributed by atoms with Crippen molar-refractivity contribution in [1.82, 2.24) is 15.3 Å². The fraction of sp³-hybridized carbons (Fsp3) is 0.524. The number of benzene rings is 1. The van der Waals surface area contributed by atoms with Crippen molar-refractivity contribution in [2.75, 3.05) is 36.0 Å². The quantitative estimate of drug-likeness (QED) is 0.612. The molecule has 164 valence electrons. The first-order valence-electron chi connectivity index (χ1n) is 10.4. The van der Waals surface area contributed by atoms with Crippen molar-refractivity contribution in [3.05, 3.63) is 29.5 Å². The van der Waals surface area contributed by atoms with Crippen LogP contribution in [0.5, 0.6) is 0 Å². The highest BCUT2D eigenvalue weighted by Gasteiger charge is 2.38. The van der Waals surface area contributed by atoms with Crippen LogP contribution in [0.3, 0.4) is 0 Å². The Morgan fingerprint density at radius 3 is 2.57 bits per heavy atom. The zero-order valence-corrected chi connectivity index (χ0v) is 17.4. The molecule has 0 bridgehead atoms. The highest BCUT2D eigenvalue weighted by molar-refractivity contribution is 5.81. The Bertz CT molecular complexity index is 882. The molecule has 1 unspecified atom stereocenters. The van der Waals surface area contributed by atoms with Gasteiger partial charge < -0.3 is 21.7 Å². The first-order chi connectivity index (χ1) is 14.2. The lowest BCUT2D eigenvalue weighted by molar-refractivity contribution is -0.136. The van der Waals surface area contributed by atoms with Crippen LogP contribution < -0.4 is 21.7 Å². The number of nitrogens with one attached hydrogen (secondary N) is 1. The lowest BCUT2D eigenvalue weighted by Gasteiger charge is -2.34. The Morgan fingerprint density at radius 2 is 1.90 bits per heavy atom. The first-order valence-corrected chi connectivity index (χ1v) is 10.4. The summed E-state index contributed by atoms with van der Waals surface area (Å²) in [4.78, 5) is 11.1. The SMILES string of the molecule is CCCc1cc(N2CCCC(NCC)C2)nc(-c2c(N)ccc(N)c2C(F)(F)F)n1. The molecule has 30 heavy (non-hydrogen) atoms. The standard InChI is InChI=1S/C21H29F3N6/c1-3-6-13-11-17(30-10-5-7-14(12-30)27-4-2)29-20(28-13)18-15(25)8-9-16(26)19(18)21(22,23)24/h8-9,11,14,27H,3-7,10,12,25-26H2,1-2H3. The van der Waals surface area contributed by atoms with E-state index in [1.54, 1.807) is 0 Å². The van der Waals surface area contributed by atoms with Crippen molar-refractivity contribution in [2.45, 2.75) is 51.7 Å². The third-order valence-corrected chi connectivity index (χ3v) is 5.29. The van der Waals surface area contributed by atoms with Gasteiger partial charge in [0.1, 0.15) is 5.82 Å². The molecule has 0 amide bonds. The van der Waals surface area contributed by atoms with Crippen LogP contribution in [0.4, 0.5) is 30.4 Å². The number of nitrogens with zero attached hydrogens (tertiary/aromatic N) is 3. The summed E-state index contributed by atoms with van der Waals surface area (Å²) in [5.41, 5.74) is 10.7. The van der Waals surface area contributed by atoms with Crippen LogP contribution in [0.15, 0.2) is 18.2 Å². The Labute approximate surface area is 174 Å². The molecule has 1 aromatic heterocycles. The minimum absolute atomic E-state index is 0.0290. The predicted molar refractivity (Wildman–Crippen MR) is 114 cm³/mol. The maximum Gasteiger partial charge on any atom is 0.419 e. The lowest BCUT2D eigenvalue weighted by atomic mass is 10.0. The van der Waals surface area contributed by atoms with E-state index in [2.05, 4.69) is 27.1 Å². The van der Waals surface area contributed by atoms with Gasteiger partial charge in [-0.05, 0) is 37.9 Å². The van der Waals surface area contributed by atoms with Gasteiger partial charge >= 0.3 is 6.18 Å². The zero-order valence-electron chi connectivity index (χ0n) is 17.4. The molecule has 6 nitrogen and oxygen atoms in total. The highest BCUT2D eigenvalue weighted by Crippen LogP contribution is 2.43. The fourth-order valence-corrected chi connectivity index (χ4v) is 3.96. The van der Waals surface area contributed by atoms with Crippen molar-refractivity contribution in [1.29, 1.82) is 0 Å². The number of nitrogens with two attached hydrogens (primary N) is 2. The minimum Gasteiger partial charge on any atom is -0.398 e. The van der Waals surface area contributed by atoms with Gasteiger partial charge in [-0.3, -0.25) is 0 Å². The van der Waals surface area contributed by atoms with Crippen LogP contribution in [-0.2, 0) is 12.6 Å². The molecule has 1 aliphatic rings. The van der Waals surface area contributed by atoms with E-state index in [9.17, 15) is 13.2 Å². The summed E-state index contributed by atoms with van der Waals surface area (Å²) >= 11 is 0. The lowest BCUT2D eigenvalue weighted by Crippen LogP contribution is -2.46. The van der Waals surface area contributed by atoms with Gasteiger partial charge in [-0.1, -0.05) is 20.3 Å². The molecular weight excluding hydrogens is 393 g/mol. The van der Waals surface area contributed by atoms with E-state index < -0.39 is 11.7 Å². The molecule has 1 aromatic carbocycles. The van der Waals surface area contributed by atoms with Crippen LogP contribution in [0.1, 0.15) is 44.4 Å².